The zero-order valence-corrected chi connectivity index (χ0v) is 12.2. The van der Waals surface area contributed by atoms with Crippen LogP contribution in [0.1, 0.15) is 18.0 Å². The predicted octanol–water partition coefficient (Wildman–Crippen LogP) is 1.83. The normalized spacial score (nSPS) is 13.2. The SMILES string of the molecule is CNCC(c1ccccc1)N(C)CCCN(C)C. The fraction of sp³-hybridized carbons (Fsp3) is 0.600. The number of nitrogens with zero attached hydrogens (tertiary/aromatic N) is 2. The van der Waals surface area contributed by atoms with E-state index in [0.717, 1.165) is 19.6 Å². The van der Waals surface area contributed by atoms with Gasteiger partial charge in [-0.3, -0.25) is 4.90 Å². The van der Waals surface area contributed by atoms with E-state index >= 15 is 0 Å². The van der Waals surface area contributed by atoms with E-state index in [2.05, 4.69) is 66.6 Å². The highest BCUT2D eigenvalue weighted by Crippen LogP contribution is 2.18. The van der Waals surface area contributed by atoms with Crippen LogP contribution >= 0.6 is 0 Å². The summed E-state index contributed by atoms with van der Waals surface area (Å²) < 4.78 is 0. The standard InChI is InChI=1S/C15H27N3/c1-16-13-15(14-9-6-5-7-10-14)18(4)12-8-11-17(2)3/h5-7,9-10,15-16H,8,11-13H2,1-4H3. The van der Waals surface area contributed by atoms with Crippen LogP contribution in [-0.2, 0) is 0 Å². The van der Waals surface area contributed by atoms with Gasteiger partial charge in [-0.2, -0.15) is 0 Å². The van der Waals surface area contributed by atoms with Crippen LogP contribution in [0.2, 0.25) is 0 Å². The van der Waals surface area contributed by atoms with Crippen molar-refractivity contribution in [3.8, 4) is 0 Å². The van der Waals surface area contributed by atoms with Gasteiger partial charge in [-0.15, -0.1) is 0 Å². The largest absolute Gasteiger partial charge is 0.318 e. The number of hydrogen-bond acceptors (Lipinski definition) is 3. The Balaban J connectivity index is 2.56. The minimum Gasteiger partial charge on any atom is -0.318 e. The Hall–Kier alpha value is -0.900. The Morgan fingerprint density at radius 1 is 1.06 bits per heavy atom. The number of rotatable bonds is 8. The van der Waals surface area contributed by atoms with Crippen molar-refractivity contribution in [2.75, 3.05) is 47.8 Å². The maximum atomic E-state index is 3.29. The lowest BCUT2D eigenvalue weighted by Crippen LogP contribution is -2.33. The number of hydrogen-bond donors (Lipinski definition) is 1. The average molecular weight is 249 g/mol. The van der Waals surface area contributed by atoms with Gasteiger partial charge in [0.05, 0.1) is 0 Å². The van der Waals surface area contributed by atoms with Crippen LogP contribution in [0, 0.1) is 0 Å². The van der Waals surface area contributed by atoms with E-state index in [1.165, 1.54) is 12.0 Å². The fourth-order valence-electron chi connectivity index (χ4n) is 2.19. The Morgan fingerprint density at radius 2 is 1.72 bits per heavy atom. The lowest BCUT2D eigenvalue weighted by Gasteiger charge is -2.28. The van der Waals surface area contributed by atoms with E-state index in [9.17, 15) is 0 Å². The molecule has 1 N–H and O–H groups in total. The molecule has 0 bridgehead atoms. The first-order valence-corrected chi connectivity index (χ1v) is 6.69. The molecule has 1 rings (SSSR count). The Bertz CT molecular complexity index is 311. The van der Waals surface area contributed by atoms with Crippen LogP contribution in [-0.4, -0.2) is 57.6 Å². The summed E-state index contributed by atoms with van der Waals surface area (Å²) >= 11 is 0. The van der Waals surface area contributed by atoms with E-state index in [0.29, 0.717) is 6.04 Å². The molecule has 0 aromatic heterocycles. The molecule has 0 saturated carbocycles. The molecule has 3 heteroatoms. The van der Waals surface area contributed by atoms with Gasteiger partial charge in [-0.1, -0.05) is 30.3 Å². The second-order valence-electron chi connectivity index (χ2n) is 5.12. The van der Waals surface area contributed by atoms with Crippen LogP contribution in [0.25, 0.3) is 0 Å². The topological polar surface area (TPSA) is 18.5 Å². The second kappa shape index (κ2) is 8.25. The first-order valence-electron chi connectivity index (χ1n) is 6.69. The molecule has 1 unspecified atom stereocenters. The van der Waals surface area contributed by atoms with Crippen molar-refractivity contribution in [1.82, 2.24) is 15.1 Å². The van der Waals surface area contributed by atoms with Gasteiger partial charge in [0, 0.05) is 12.6 Å². The summed E-state index contributed by atoms with van der Waals surface area (Å²) in [4.78, 5) is 4.68. The van der Waals surface area contributed by atoms with Gasteiger partial charge in [-0.05, 0) is 53.3 Å². The average Bonchev–Trinajstić information content (AvgIpc) is 2.36. The highest BCUT2D eigenvalue weighted by molar-refractivity contribution is 5.19. The van der Waals surface area contributed by atoms with Crippen molar-refractivity contribution in [2.24, 2.45) is 0 Å². The van der Waals surface area contributed by atoms with E-state index in [1.54, 1.807) is 0 Å². The molecular weight excluding hydrogens is 222 g/mol. The molecule has 0 amide bonds. The van der Waals surface area contributed by atoms with E-state index in [-0.39, 0.29) is 0 Å². The minimum atomic E-state index is 0.457. The predicted molar refractivity (Wildman–Crippen MR) is 78.9 cm³/mol. The fourth-order valence-corrected chi connectivity index (χ4v) is 2.19. The third-order valence-electron chi connectivity index (χ3n) is 3.23. The van der Waals surface area contributed by atoms with E-state index in [4.69, 9.17) is 0 Å². The Kier molecular flexibility index (Phi) is 6.94. The summed E-state index contributed by atoms with van der Waals surface area (Å²) in [6.45, 7) is 3.26. The summed E-state index contributed by atoms with van der Waals surface area (Å²) in [5.41, 5.74) is 1.39. The van der Waals surface area contributed by atoms with Gasteiger partial charge < -0.3 is 10.2 Å². The molecule has 0 aliphatic rings. The zero-order valence-electron chi connectivity index (χ0n) is 12.2. The second-order valence-corrected chi connectivity index (χ2v) is 5.12. The van der Waals surface area contributed by atoms with Crippen LogP contribution in [0.3, 0.4) is 0 Å². The molecule has 0 saturated heterocycles. The molecule has 0 spiro atoms. The molecule has 0 radical (unpaired) electrons. The maximum absolute atomic E-state index is 3.29. The van der Waals surface area contributed by atoms with Crippen molar-refractivity contribution in [3.63, 3.8) is 0 Å². The summed E-state index contributed by atoms with van der Waals surface area (Å²) in [5.74, 6) is 0. The lowest BCUT2D eigenvalue weighted by molar-refractivity contribution is 0.228. The maximum Gasteiger partial charge on any atom is 0.0469 e. The number of nitrogens with one attached hydrogen (secondary N) is 1. The van der Waals surface area contributed by atoms with E-state index in [1.807, 2.05) is 7.05 Å². The first kappa shape index (κ1) is 15.2. The first-order chi connectivity index (χ1) is 8.65. The number of likely N-dealkylation sites (N-methyl/N-ethyl adjacent to an activating group) is 2. The van der Waals surface area contributed by atoms with Crippen molar-refractivity contribution >= 4 is 0 Å². The summed E-state index contributed by atoms with van der Waals surface area (Å²) in [6.07, 6.45) is 1.20. The van der Waals surface area contributed by atoms with Crippen molar-refractivity contribution in [2.45, 2.75) is 12.5 Å². The third-order valence-corrected chi connectivity index (χ3v) is 3.23. The summed E-state index contributed by atoms with van der Waals surface area (Å²) in [6, 6.07) is 11.2. The summed E-state index contributed by atoms with van der Waals surface area (Å²) in [5, 5.41) is 3.29. The van der Waals surface area contributed by atoms with Crippen molar-refractivity contribution < 1.29 is 0 Å². The molecule has 0 aliphatic heterocycles. The van der Waals surface area contributed by atoms with Gasteiger partial charge in [0.15, 0.2) is 0 Å². The Labute approximate surface area is 112 Å². The van der Waals surface area contributed by atoms with Gasteiger partial charge in [0.1, 0.15) is 0 Å². The molecule has 1 aromatic rings. The monoisotopic (exact) mass is 249 g/mol. The minimum absolute atomic E-state index is 0.457. The van der Waals surface area contributed by atoms with E-state index < -0.39 is 0 Å². The number of benzene rings is 1. The van der Waals surface area contributed by atoms with Crippen LogP contribution in [0.5, 0.6) is 0 Å². The molecule has 102 valence electrons. The molecular formula is C15H27N3. The summed E-state index contributed by atoms with van der Waals surface area (Å²) in [7, 11) is 8.48. The van der Waals surface area contributed by atoms with Crippen molar-refractivity contribution in [1.29, 1.82) is 0 Å². The highest BCUT2D eigenvalue weighted by Gasteiger charge is 2.15. The molecule has 3 nitrogen and oxygen atoms in total. The van der Waals surface area contributed by atoms with Gasteiger partial charge >= 0.3 is 0 Å². The lowest BCUT2D eigenvalue weighted by atomic mass is 10.1. The third kappa shape index (κ3) is 5.17. The van der Waals surface area contributed by atoms with Crippen molar-refractivity contribution in [3.05, 3.63) is 35.9 Å². The van der Waals surface area contributed by atoms with Crippen LogP contribution < -0.4 is 5.32 Å². The molecule has 1 atom stereocenters. The van der Waals surface area contributed by atoms with Gasteiger partial charge in [-0.25, -0.2) is 0 Å². The van der Waals surface area contributed by atoms with Crippen LogP contribution in [0.15, 0.2) is 30.3 Å². The molecule has 1 aromatic carbocycles. The van der Waals surface area contributed by atoms with Crippen LogP contribution in [0.4, 0.5) is 0 Å². The molecule has 0 aliphatic carbocycles. The Morgan fingerprint density at radius 3 is 2.28 bits per heavy atom. The molecule has 0 heterocycles. The van der Waals surface area contributed by atoms with Gasteiger partial charge in [0.2, 0.25) is 0 Å². The molecule has 18 heavy (non-hydrogen) atoms. The van der Waals surface area contributed by atoms with Gasteiger partial charge in [0.25, 0.3) is 0 Å². The zero-order chi connectivity index (χ0) is 13.4. The smallest absolute Gasteiger partial charge is 0.0469 e. The molecule has 0 fully saturated rings. The quantitative estimate of drug-likeness (QED) is 0.758. The highest BCUT2D eigenvalue weighted by atomic mass is 15.2.